The molecule has 1 heterocycles. The summed E-state index contributed by atoms with van der Waals surface area (Å²) in [6.07, 6.45) is 7.53. The molecule has 1 aromatic rings. The van der Waals surface area contributed by atoms with Crippen molar-refractivity contribution < 1.29 is 19.5 Å². The molecule has 1 fully saturated rings. The fraction of sp³-hybridized carbons (Fsp3) is 0.450. The summed E-state index contributed by atoms with van der Waals surface area (Å²) in [5.74, 6) is -2.97. The predicted molar refractivity (Wildman–Crippen MR) is 95.2 cm³/mol. The quantitative estimate of drug-likeness (QED) is 0.831. The number of rotatable bonds is 4. The Hall–Kier alpha value is -2.63. The molecule has 1 N–H and O–H groups in total. The van der Waals surface area contributed by atoms with Gasteiger partial charge in [0.05, 0.1) is 5.92 Å². The number of likely N-dealkylation sites (tertiary alicyclic amines) is 1. The maximum atomic E-state index is 12.5. The minimum absolute atomic E-state index is 0.0111. The number of nitrogens with one attached hydrogen (secondary N) is 1. The number of carboxylic acid groups (broad SMARTS) is 1. The van der Waals surface area contributed by atoms with Crippen molar-refractivity contribution in [3.63, 3.8) is 0 Å². The van der Waals surface area contributed by atoms with Crippen molar-refractivity contribution >= 4 is 23.5 Å². The number of hydrogen-bond acceptors (Lipinski definition) is 4. The van der Waals surface area contributed by atoms with Gasteiger partial charge >= 0.3 is 0 Å². The summed E-state index contributed by atoms with van der Waals surface area (Å²) in [6, 6.07) is 6.76. The molecule has 0 spiro atoms. The summed E-state index contributed by atoms with van der Waals surface area (Å²) >= 11 is 0. The summed E-state index contributed by atoms with van der Waals surface area (Å²) in [5.41, 5.74) is 1.15. The average Bonchev–Trinajstić information content (AvgIpc) is 2.68. The Balaban J connectivity index is 1.63. The van der Waals surface area contributed by atoms with Gasteiger partial charge in [0, 0.05) is 36.2 Å². The number of amides is 2. The lowest BCUT2D eigenvalue weighted by molar-refractivity contribution is -0.313. The van der Waals surface area contributed by atoms with Crippen LogP contribution in [0, 0.1) is 11.8 Å². The lowest BCUT2D eigenvalue weighted by Crippen LogP contribution is -2.41. The molecule has 1 aliphatic heterocycles. The Bertz CT molecular complexity index is 705. The zero-order chi connectivity index (χ0) is 18.5. The number of carbonyl (C=O) groups excluding carboxylic acids is 3. The first-order valence-electron chi connectivity index (χ1n) is 9.12. The first kappa shape index (κ1) is 18.2. The van der Waals surface area contributed by atoms with Crippen molar-refractivity contribution in [2.24, 2.45) is 11.8 Å². The second kappa shape index (κ2) is 8.17. The van der Waals surface area contributed by atoms with E-state index in [0.29, 0.717) is 24.1 Å². The molecule has 6 nitrogen and oxygen atoms in total. The minimum Gasteiger partial charge on any atom is -0.550 e. The molecular formula is C20H23N2O4-. The van der Waals surface area contributed by atoms with Gasteiger partial charge in [0.2, 0.25) is 5.91 Å². The smallest absolute Gasteiger partial charge is 0.253 e. The van der Waals surface area contributed by atoms with Crippen LogP contribution in [0.5, 0.6) is 0 Å². The van der Waals surface area contributed by atoms with Crippen molar-refractivity contribution in [2.75, 3.05) is 18.4 Å². The van der Waals surface area contributed by atoms with E-state index < -0.39 is 17.8 Å². The van der Waals surface area contributed by atoms with Crippen molar-refractivity contribution in [3.05, 3.63) is 42.0 Å². The first-order chi connectivity index (χ1) is 12.6. The molecule has 0 saturated carbocycles. The largest absolute Gasteiger partial charge is 0.550 e. The highest BCUT2D eigenvalue weighted by molar-refractivity contribution is 5.97. The Kier molecular flexibility index (Phi) is 5.71. The fourth-order valence-electron chi connectivity index (χ4n) is 3.58. The molecule has 0 radical (unpaired) electrons. The molecule has 0 bridgehead atoms. The summed E-state index contributed by atoms with van der Waals surface area (Å²) in [7, 11) is 0. The van der Waals surface area contributed by atoms with Gasteiger partial charge in [0.25, 0.3) is 5.91 Å². The van der Waals surface area contributed by atoms with Gasteiger partial charge in [-0.15, -0.1) is 0 Å². The van der Waals surface area contributed by atoms with Crippen molar-refractivity contribution in [3.8, 4) is 0 Å². The average molecular weight is 355 g/mol. The summed E-state index contributed by atoms with van der Waals surface area (Å²) < 4.78 is 0. The van der Waals surface area contributed by atoms with Crippen LogP contribution in [-0.2, 0) is 9.59 Å². The maximum absolute atomic E-state index is 12.5. The van der Waals surface area contributed by atoms with Gasteiger partial charge in [-0.2, -0.15) is 0 Å². The van der Waals surface area contributed by atoms with Crippen molar-refractivity contribution in [1.29, 1.82) is 0 Å². The van der Waals surface area contributed by atoms with Crippen LogP contribution in [0.1, 0.15) is 42.5 Å². The van der Waals surface area contributed by atoms with Crippen LogP contribution in [0.4, 0.5) is 5.69 Å². The monoisotopic (exact) mass is 355 g/mol. The third-order valence-corrected chi connectivity index (χ3v) is 5.11. The van der Waals surface area contributed by atoms with Gasteiger partial charge in [0.15, 0.2) is 0 Å². The number of carboxylic acids is 1. The summed E-state index contributed by atoms with van der Waals surface area (Å²) in [6.45, 7) is 1.58. The highest BCUT2D eigenvalue weighted by Crippen LogP contribution is 2.26. The van der Waals surface area contributed by atoms with E-state index in [1.165, 1.54) is 0 Å². The van der Waals surface area contributed by atoms with E-state index in [1.807, 2.05) is 11.0 Å². The lowest BCUT2D eigenvalue weighted by atomic mass is 9.82. The molecule has 26 heavy (non-hydrogen) atoms. The Labute approximate surface area is 152 Å². The van der Waals surface area contributed by atoms with Crippen LogP contribution in [0.25, 0.3) is 0 Å². The van der Waals surface area contributed by atoms with Crippen LogP contribution >= 0.6 is 0 Å². The van der Waals surface area contributed by atoms with Crippen molar-refractivity contribution in [1.82, 2.24) is 4.90 Å². The molecule has 6 heteroatoms. The number of benzene rings is 1. The van der Waals surface area contributed by atoms with Gasteiger partial charge in [-0.25, -0.2) is 0 Å². The second-order valence-electron chi connectivity index (χ2n) is 6.89. The molecular weight excluding hydrogens is 332 g/mol. The van der Waals surface area contributed by atoms with E-state index in [0.717, 1.165) is 32.4 Å². The highest BCUT2D eigenvalue weighted by Gasteiger charge is 2.29. The molecule has 3 rings (SSSR count). The number of nitrogens with zero attached hydrogens (tertiary/aromatic N) is 1. The third kappa shape index (κ3) is 4.12. The maximum Gasteiger partial charge on any atom is 0.253 e. The van der Waals surface area contributed by atoms with Crippen LogP contribution in [0.15, 0.2) is 36.4 Å². The molecule has 1 aromatic carbocycles. The van der Waals surface area contributed by atoms with E-state index in [-0.39, 0.29) is 11.8 Å². The zero-order valence-electron chi connectivity index (χ0n) is 14.6. The summed E-state index contributed by atoms with van der Waals surface area (Å²) in [5, 5.41) is 14.0. The number of anilines is 1. The zero-order valence-corrected chi connectivity index (χ0v) is 14.6. The van der Waals surface area contributed by atoms with E-state index in [1.54, 1.807) is 30.3 Å². The molecule has 2 amide bonds. The molecule has 0 unspecified atom stereocenters. The lowest BCUT2D eigenvalue weighted by Gasteiger charge is -2.28. The van der Waals surface area contributed by atoms with Gasteiger partial charge in [0.1, 0.15) is 0 Å². The number of hydrogen-bond donors (Lipinski definition) is 1. The number of carbonyl (C=O) groups is 3. The van der Waals surface area contributed by atoms with Crippen molar-refractivity contribution in [2.45, 2.75) is 32.1 Å². The topological polar surface area (TPSA) is 89.5 Å². The van der Waals surface area contributed by atoms with E-state index >= 15 is 0 Å². The Morgan fingerprint density at radius 2 is 1.54 bits per heavy atom. The number of piperidine rings is 1. The minimum atomic E-state index is -1.20. The normalized spacial score (nSPS) is 22.7. The standard InChI is InChI=1S/C20H24N2O4/c23-18(16-6-2-3-7-17(16)20(25)26)21-15-10-8-14(9-11-15)19(24)22-12-4-1-5-13-22/h2-3,8-11,16-17H,1,4-7,12-13H2,(H,21,23)(H,25,26)/p-1/t16-,17-/m0/s1. The van der Waals surface area contributed by atoms with Crippen LogP contribution < -0.4 is 10.4 Å². The second-order valence-corrected chi connectivity index (χ2v) is 6.89. The van der Waals surface area contributed by atoms with E-state index in [2.05, 4.69) is 5.32 Å². The van der Waals surface area contributed by atoms with Gasteiger partial charge < -0.3 is 20.1 Å². The molecule has 1 saturated heterocycles. The first-order valence-corrected chi connectivity index (χ1v) is 9.12. The SMILES string of the molecule is O=C([O-])[C@H]1CC=CC[C@@H]1C(=O)Nc1ccc(C(=O)N2CCCCC2)cc1. The Morgan fingerprint density at radius 1 is 0.923 bits per heavy atom. The molecule has 2 aliphatic rings. The molecule has 138 valence electrons. The van der Waals surface area contributed by atoms with Crippen LogP contribution in [0.3, 0.4) is 0 Å². The van der Waals surface area contributed by atoms with E-state index in [4.69, 9.17) is 0 Å². The Morgan fingerprint density at radius 3 is 2.15 bits per heavy atom. The number of aliphatic carboxylic acids is 1. The van der Waals surface area contributed by atoms with E-state index in [9.17, 15) is 19.5 Å². The van der Waals surface area contributed by atoms with Gasteiger partial charge in [-0.3, -0.25) is 9.59 Å². The van der Waals surface area contributed by atoms with Crippen LogP contribution in [-0.4, -0.2) is 35.8 Å². The molecule has 0 aromatic heterocycles. The fourth-order valence-corrected chi connectivity index (χ4v) is 3.58. The highest BCUT2D eigenvalue weighted by atomic mass is 16.4. The molecule has 2 atom stereocenters. The summed E-state index contributed by atoms with van der Waals surface area (Å²) in [4.78, 5) is 38.0. The van der Waals surface area contributed by atoms with Gasteiger partial charge in [-0.05, 0) is 56.4 Å². The predicted octanol–water partition coefficient (Wildman–Crippen LogP) is 1.58. The number of allylic oxidation sites excluding steroid dienone is 2. The van der Waals surface area contributed by atoms with Crippen LogP contribution in [0.2, 0.25) is 0 Å². The van der Waals surface area contributed by atoms with Gasteiger partial charge in [-0.1, -0.05) is 12.2 Å². The molecule has 1 aliphatic carbocycles. The third-order valence-electron chi connectivity index (χ3n) is 5.11.